The first-order valence-corrected chi connectivity index (χ1v) is 10.4. The first-order valence-electron chi connectivity index (χ1n) is 8.47. The van der Waals surface area contributed by atoms with Gasteiger partial charge in [-0.15, -0.1) is 0 Å². The van der Waals surface area contributed by atoms with Crippen LogP contribution < -0.4 is 9.47 Å². The minimum Gasteiger partial charge on any atom is -0.504 e. The molecule has 0 aromatic heterocycles. The molecule has 0 unspecified atom stereocenters. The van der Waals surface area contributed by atoms with Crippen molar-refractivity contribution in [3.8, 4) is 17.2 Å². The van der Waals surface area contributed by atoms with E-state index >= 15 is 0 Å². The number of ether oxygens (including phenoxy) is 2. The summed E-state index contributed by atoms with van der Waals surface area (Å²) < 4.78 is 11.0. The Morgan fingerprint density at radius 2 is 1.93 bits per heavy atom. The van der Waals surface area contributed by atoms with Crippen LogP contribution in [0.5, 0.6) is 17.2 Å². The van der Waals surface area contributed by atoms with E-state index in [-0.39, 0.29) is 11.7 Å². The molecular weight excluding hydrogens is 491 g/mol. The summed E-state index contributed by atoms with van der Waals surface area (Å²) in [6, 6.07) is 10.9. The molecule has 2 aromatic carbocycles. The first kappa shape index (κ1) is 20.5. The molecule has 1 saturated heterocycles. The zero-order valence-corrected chi connectivity index (χ0v) is 18.6. The van der Waals surface area contributed by atoms with Crippen LogP contribution in [0.2, 0.25) is 0 Å². The van der Waals surface area contributed by atoms with E-state index in [2.05, 4.69) is 4.99 Å². The van der Waals surface area contributed by atoms with Gasteiger partial charge in [-0.05, 0) is 89.3 Å². The van der Waals surface area contributed by atoms with Crippen LogP contribution in [0.25, 0.3) is 6.08 Å². The Bertz CT molecular complexity index is 957. The third-order valence-corrected chi connectivity index (χ3v) is 5.90. The zero-order chi connectivity index (χ0) is 20.3. The Labute approximate surface area is 181 Å². The maximum absolute atomic E-state index is 12.8. The summed E-state index contributed by atoms with van der Waals surface area (Å²) in [7, 11) is 3.11. The molecule has 0 saturated carbocycles. The van der Waals surface area contributed by atoms with Crippen molar-refractivity contribution in [3.05, 3.63) is 50.4 Å². The van der Waals surface area contributed by atoms with Crippen LogP contribution in [0, 0.1) is 3.57 Å². The van der Waals surface area contributed by atoms with Crippen LogP contribution in [0.4, 0.5) is 5.69 Å². The lowest BCUT2D eigenvalue weighted by Crippen LogP contribution is -2.28. The van der Waals surface area contributed by atoms with Crippen molar-refractivity contribution < 1.29 is 19.4 Å². The molecular formula is C20H19IN2O4S. The predicted molar refractivity (Wildman–Crippen MR) is 120 cm³/mol. The van der Waals surface area contributed by atoms with E-state index in [0.717, 1.165) is 17.0 Å². The maximum atomic E-state index is 12.8. The number of likely N-dealkylation sites (N-methyl/N-ethyl adjacent to an activating group) is 1. The molecule has 8 heteroatoms. The fourth-order valence-electron chi connectivity index (χ4n) is 2.62. The van der Waals surface area contributed by atoms with Crippen LogP contribution in [-0.2, 0) is 4.79 Å². The number of hydrogen-bond acceptors (Lipinski definition) is 6. The van der Waals surface area contributed by atoms with Gasteiger partial charge in [0.05, 0.1) is 28.4 Å². The van der Waals surface area contributed by atoms with Gasteiger partial charge >= 0.3 is 0 Å². The Morgan fingerprint density at radius 3 is 2.54 bits per heavy atom. The molecule has 2 aromatic rings. The van der Waals surface area contributed by atoms with Crippen molar-refractivity contribution in [3.63, 3.8) is 0 Å². The molecule has 146 valence electrons. The monoisotopic (exact) mass is 510 g/mol. The SMILES string of the molecule is CCN1C(=O)/C(=C/c2cc(I)c(O)c(OC)c2)SC1=Nc1ccc(OC)cc1. The number of carbonyl (C=O) groups excluding carboxylic acids is 1. The van der Waals surface area contributed by atoms with Gasteiger partial charge < -0.3 is 14.6 Å². The first-order chi connectivity index (χ1) is 13.5. The molecule has 0 aliphatic carbocycles. The largest absolute Gasteiger partial charge is 0.504 e. The molecule has 0 spiro atoms. The standard InChI is InChI=1S/C20H19IN2O4S/c1-4-23-19(25)17(11-12-9-15(21)18(24)16(10-12)27-3)28-20(23)22-13-5-7-14(26-2)8-6-13/h5-11,24H,4H2,1-3H3/b17-11-,22-20?. The van der Waals surface area contributed by atoms with E-state index in [4.69, 9.17) is 9.47 Å². The van der Waals surface area contributed by atoms with Gasteiger partial charge in [0.1, 0.15) is 5.75 Å². The van der Waals surface area contributed by atoms with Gasteiger partial charge in [0, 0.05) is 6.54 Å². The summed E-state index contributed by atoms with van der Waals surface area (Å²) in [5, 5.41) is 10.6. The maximum Gasteiger partial charge on any atom is 0.266 e. The number of nitrogens with zero attached hydrogens (tertiary/aromatic N) is 2. The molecule has 28 heavy (non-hydrogen) atoms. The van der Waals surface area contributed by atoms with Gasteiger partial charge in [0.25, 0.3) is 5.91 Å². The van der Waals surface area contributed by atoms with E-state index in [1.54, 1.807) is 30.2 Å². The van der Waals surface area contributed by atoms with Crippen molar-refractivity contribution >= 4 is 57.2 Å². The van der Waals surface area contributed by atoms with Crippen LogP contribution in [0.15, 0.2) is 46.3 Å². The number of halogens is 1. The average molecular weight is 510 g/mol. The summed E-state index contributed by atoms with van der Waals surface area (Å²) >= 11 is 3.36. The third-order valence-electron chi connectivity index (χ3n) is 4.07. The normalized spacial score (nSPS) is 16.9. The van der Waals surface area contributed by atoms with Crippen LogP contribution in [0.3, 0.4) is 0 Å². The Balaban J connectivity index is 1.93. The van der Waals surface area contributed by atoms with Gasteiger partial charge in [-0.1, -0.05) is 0 Å². The quantitative estimate of drug-likeness (QED) is 0.469. The molecule has 1 N–H and O–H groups in total. The molecule has 0 radical (unpaired) electrons. The molecule has 1 aliphatic heterocycles. The molecule has 3 rings (SSSR count). The van der Waals surface area contributed by atoms with Crippen molar-refractivity contribution in [1.82, 2.24) is 4.90 Å². The highest BCUT2D eigenvalue weighted by Crippen LogP contribution is 2.37. The number of phenolic OH excluding ortho intramolecular Hbond substituents is 1. The molecule has 6 nitrogen and oxygen atoms in total. The van der Waals surface area contributed by atoms with Crippen molar-refractivity contribution in [2.24, 2.45) is 4.99 Å². The number of benzene rings is 2. The number of aliphatic imine (C=N–C) groups is 1. The molecule has 1 heterocycles. The lowest BCUT2D eigenvalue weighted by molar-refractivity contribution is -0.122. The van der Waals surface area contributed by atoms with Crippen LogP contribution >= 0.6 is 34.4 Å². The van der Waals surface area contributed by atoms with Crippen LogP contribution in [-0.4, -0.2) is 41.8 Å². The van der Waals surface area contributed by atoms with Gasteiger partial charge in [0.2, 0.25) is 0 Å². The zero-order valence-electron chi connectivity index (χ0n) is 15.6. The van der Waals surface area contributed by atoms with Crippen molar-refractivity contribution in [1.29, 1.82) is 0 Å². The number of amidine groups is 1. The van der Waals surface area contributed by atoms with Crippen LogP contribution in [0.1, 0.15) is 12.5 Å². The smallest absolute Gasteiger partial charge is 0.266 e. The number of amides is 1. The fourth-order valence-corrected chi connectivity index (χ4v) is 4.31. The van der Waals surface area contributed by atoms with Crippen molar-refractivity contribution in [2.75, 3.05) is 20.8 Å². The van der Waals surface area contributed by atoms with Gasteiger partial charge in [-0.2, -0.15) is 0 Å². The molecule has 1 fully saturated rings. The van der Waals surface area contributed by atoms with Gasteiger partial charge in [-0.25, -0.2) is 4.99 Å². The summed E-state index contributed by atoms with van der Waals surface area (Å²) in [6.45, 7) is 2.44. The minimum absolute atomic E-state index is 0.0904. The Morgan fingerprint density at radius 1 is 1.21 bits per heavy atom. The Hall–Kier alpha value is -2.20. The summed E-state index contributed by atoms with van der Waals surface area (Å²) in [5.74, 6) is 1.12. The highest BCUT2D eigenvalue weighted by Gasteiger charge is 2.32. The summed E-state index contributed by atoms with van der Waals surface area (Å²) in [4.78, 5) is 19.6. The number of thioether (sulfide) groups is 1. The number of hydrogen-bond donors (Lipinski definition) is 1. The van der Waals surface area contributed by atoms with E-state index in [9.17, 15) is 9.90 Å². The predicted octanol–water partition coefficient (Wildman–Crippen LogP) is 4.64. The minimum atomic E-state index is -0.0955. The molecule has 1 amide bonds. The van der Waals surface area contributed by atoms with Crippen molar-refractivity contribution in [2.45, 2.75) is 6.92 Å². The second-order valence-electron chi connectivity index (χ2n) is 5.81. The average Bonchev–Trinajstić information content (AvgIpc) is 2.99. The lowest BCUT2D eigenvalue weighted by atomic mass is 10.2. The highest BCUT2D eigenvalue weighted by molar-refractivity contribution is 14.1. The topological polar surface area (TPSA) is 71.4 Å². The lowest BCUT2D eigenvalue weighted by Gasteiger charge is -2.12. The second kappa shape index (κ2) is 8.87. The van der Waals surface area contributed by atoms with Gasteiger partial charge in [-0.3, -0.25) is 9.69 Å². The fraction of sp³-hybridized carbons (Fsp3) is 0.200. The number of rotatable bonds is 5. The number of methoxy groups -OCH3 is 2. The van der Waals surface area contributed by atoms with Gasteiger partial charge in [0.15, 0.2) is 16.7 Å². The van der Waals surface area contributed by atoms with E-state index < -0.39 is 0 Å². The third kappa shape index (κ3) is 4.27. The number of aromatic hydroxyl groups is 1. The highest BCUT2D eigenvalue weighted by atomic mass is 127. The molecule has 1 aliphatic rings. The molecule has 0 bridgehead atoms. The Kier molecular flexibility index (Phi) is 6.50. The number of phenols is 1. The summed E-state index contributed by atoms with van der Waals surface area (Å²) in [5.41, 5.74) is 1.52. The van der Waals surface area contributed by atoms with E-state index in [1.165, 1.54) is 18.9 Å². The van der Waals surface area contributed by atoms with E-state index in [0.29, 0.717) is 25.9 Å². The summed E-state index contributed by atoms with van der Waals surface area (Å²) in [6.07, 6.45) is 1.79. The molecule has 0 atom stereocenters. The number of carbonyl (C=O) groups is 1. The second-order valence-corrected chi connectivity index (χ2v) is 7.98. The van der Waals surface area contributed by atoms with E-state index in [1.807, 2.05) is 53.8 Å².